The monoisotopic (exact) mass is 412 g/mol. The van der Waals surface area contributed by atoms with Gasteiger partial charge >= 0.3 is 6.16 Å². The Balaban J connectivity index is 1.71. The lowest BCUT2D eigenvalue weighted by molar-refractivity contribution is -0.119. The fourth-order valence-electron chi connectivity index (χ4n) is 3.62. The summed E-state index contributed by atoms with van der Waals surface area (Å²) in [6.45, 7) is 8.32. The zero-order valence-electron chi connectivity index (χ0n) is 17.5. The third-order valence-electron chi connectivity index (χ3n) is 5.20. The molecule has 1 saturated heterocycles. The van der Waals surface area contributed by atoms with Crippen molar-refractivity contribution in [3.05, 3.63) is 48.6 Å². The number of likely N-dealkylation sites (tertiary alicyclic amines) is 1. The maximum Gasteiger partial charge on any atom is 0.511 e. The topological polar surface area (TPSA) is 78.0 Å². The number of pyridine rings is 1. The number of fused-ring (bicyclic) bond motifs is 1. The van der Waals surface area contributed by atoms with Crippen molar-refractivity contribution in [2.45, 2.75) is 44.6 Å². The van der Waals surface area contributed by atoms with Crippen LogP contribution in [-0.2, 0) is 14.3 Å². The van der Waals surface area contributed by atoms with Gasteiger partial charge in [0, 0.05) is 30.5 Å². The molecule has 0 atom stereocenters. The SMILES string of the molecule is C=CCC(C)(C)OC(=O)OCOc1nc2ccccc2cc1C1CCN(C=O)CC1. The van der Waals surface area contributed by atoms with Crippen LogP contribution in [-0.4, -0.2) is 47.9 Å². The van der Waals surface area contributed by atoms with Crippen LogP contribution in [0.1, 0.15) is 44.6 Å². The molecule has 30 heavy (non-hydrogen) atoms. The summed E-state index contributed by atoms with van der Waals surface area (Å²) >= 11 is 0. The van der Waals surface area contributed by atoms with Crippen LogP contribution in [0.4, 0.5) is 4.79 Å². The minimum Gasteiger partial charge on any atom is -0.440 e. The molecule has 0 unspecified atom stereocenters. The number of carbonyl (C=O) groups is 2. The molecule has 7 nitrogen and oxygen atoms in total. The highest BCUT2D eigenvalue weighted by molar-refractivity contribution is 5.80. The van der Waals surface area contributed by atoms with Crippen molar-refractivity contribution in [3.63, 3.8) is 0 Å². The molecule has 1 aromatic carbocycles. The van der Waals surface area contributed by atoms with Gasteiger partial charge in [-0.1, -0.05) is 24.3 Å². The van der Waals surface area contributed by atoms with Gasteiger partial charge in [-0.05, 0) is 44.7 Å². The maximum atomic E-state index is 12.0. The van der Waals surface area contributed by atoms with E-state index in [9.17, 15) is 9.59 Å². The highest BCUT2D eigenvalue weighted by Crippen LogP contribution is 2.35. The van der Waals surface area contributed by atoms with Crippen LogP contribution in [0, 0.1) is 0 Å². The van der Waals surface area contributed by atoms with Gasteiger partial charge < -0.3 is 19.1 Å². The molecule has 160 valence electrons. The van der Waals surface area contributed by atoms with Gasteiger partial charge in [-0.15, -0.1) is 6.58 Å². The number of nitrogens with zero attached hydrogens (tertiary/aromatic N) is 2. The smallest absolute Gasteiger partial charge is 0.440 e. The van der Waals surface area contributed by atoms with E-state index in [1.807, 2.05) is 24.3 Å². The van der Waals surface area contributed by atoms with Crippen molar-refractivity contribution in [1.82, 2.24) is 9.88 Å². The van der Waals surface area contributed by atoms with Crippen molar-refractivity contribution in [1.29, 1.82) is 0 Å². The molecule has 1 aliphatic heterocycles. The molecule has 1 amide bonds. The summed E-state index contributed by atoms with van der Waals surface area (Å²) in [6.07, 6.45) is 3.94. The van der Waals surface area contributed by atoms with Gasteiger partial charge in [-0.25, -0.2) is 9.78 Å². The Morgan fingerprint density at radius 2 is 2.03 bits per heavy atom. The first kappa shape index (κ1) is 21.6. The molecule has 1 aliphatic rings. The zero-order valence-corrected chi connectivity index (χ0v) is 17.5. The largest absolute Gasteiger partial charge is 0.511 e. The van der Waals surface area contributed by atoms with Crippen molar-refractivity contribution in [2.24, 2.45) is 0 Å². The molecule has 7 heteroatoms. The predicted molar refractivity (Wildman–Crippen MR) is 113 cm³/mol. The summed E-state index contributed by atoms with van der Waals surface area (Å²) < 4.78 is 16.1. The van der Waals surface area contributed by atoms with Crippen LogP contribution in [0.3, 0.4) is 0 Å². The molecule has 3 rings (SSSR count). The number of carbonyl (C=O) groups excluding carboxylic acids is 2. The van der Waals surface area contributed by atoms with E-state index in [0.717, 1.165) is 35.7 Å². The second-order valence-corrected chi connectivity index (χ2v) is 8.00. The van der Waals surface area contributed by atoms with E-state index in [0.29, 0.717) is 25.4 Å². The van der Waals surface area contributed by atoms with Crippen molar-refractivity contribution >= 4 is 23.5 Å². The molecule has 0 aliphatic carbocycles. The van der Waals surface area contributed by atoms with Gasteiger partial charge in [-0.2, -0.15) is 0 Å². The van der Waals surface area contributed by atoms with Crippen molar-refractivity contribution in [2.75, 3.05) is 19.9 Å². The number of hydrogen-bond acceptors (Lipinski definition) is 6. The zero-order chi connectivity index (χ0) is 21.6. The third kappa shape index (κ3) is 5.49. The Hall–Kier alpha value is -3.09. The highest BCUT2D eigenvalue weighted by Gasteiger charge is 2.25. The number of ether oxygens (including phenoxy) is 3. The van der Waals surface area contributed by atoms with Gasteiger partial charge in [-0.3, -0.25) is 4.79 Å². The molecule has 2 heterocycles. The summed E-state index contributed by atoms with van der Waals surface area (Å²) in [6, 6.07) is 9.87. The van der Waals surface area contributed by atoms with Crippen molar-refractivity contribution < 1.29 is 23.8 Å². The van der Waals surface area contributed by atoms with E-state index in [2.05, 4.69) is 17.6 Å². The Labute approximate surface area is 176 Å². The van der Waals surface area contributed by atoms with Crippen LogP contribution >= 0.6 is 0 Å². The summed E-state index contributed by atoms with van der Waals surface area (Å²) in [7, 11) is 0. The number of para-hydroxylation sites is 1. The van der Waals surface area contributed by atoms with Gasteiger partial charge in [0.15, 0.2) is 0 Å². The number of benzene rings is 1. The lowest BCUT2D eigenvalue weighted by atomic mass is 9.89. The number of piperidine rings is 1. The standard InChI is InChI=1S/C23H28N2O5/c1-4-11-23(2,3)30-22(27)29-16-28-21-19(17-9-12-25(15-26)13-10-17)14-18-7-5-6-8-20(18)24-21/h4-8,14-15,17H,1,9-13,16H2,2-3H3. The third-order valence-corrected chi connectivity index (χ3v) is 5.20. The lowest BCUT2D eigenvalue weighted by Gasteiger charge is -2.30. The molecule has 1 fully saturated rings. The number of amides is 1. The molecule has 0 bridgehead atoms. The molecular formula is C23H28N2O5. The minimum atomic E-state index is -0.802. The Morgan fingerprint density at radius 1 is 1.30 bits per heavy atom. The molecule has 0 saturated carbocycles. The Morgan fingerprint density at radius 3 is 2.73 bits per heavy atom. The summed E-state index contributed by atoms with van der Waals surface area (Å²) in [5.41, 5.74) is 1.07. The van der Waals surface area contributed by atoms with Crippen LogP contribution in [0.25, 0.3) is 10.9 Å². The van der Waals surface area contributed by atoms with Crippen LogP contribution in [0.5, 0.6) is 5.88 Å². The van der Waals surface area contributed by atoms with Gasteiger partial charge in [0.25, 0.3) is 0 Å². The maximum absolute atomic E-state index is 12.0. The van der Waals surface area contributed by atoms with E-state index in [1.54, 1.807) is 24.8 Å². The second kappa shape index (κ2) is 9.61. The number of rotatable bonds is 8. The van der Waals surface area contributed by atoms with Crippen molar-refractivity contribution in [3.8, 4) is 5.88 Å². The van der Waals surface area contributed by atoms with E-state index < -0.39 is 11.8 Å². The van der Waals surface area contributed by atoms with Crippen LogP contribution in [0.15, 0.2) is 43.0 Å². The normalized spacial score (nSPS) is 14.9. The Bertz CT molecular complexity index is 904. The first-order chi connectivity index (χ1) is 14.4. The summed E-state index contributed by atoms with van der Waals surface area (Å²) in [4.78, 5) is 29.4. The highest BCUT2D eigenvalue weighted by atomic mass is 16.8. The molecular weight excluding hydrogens is 384 g/mol. The molecule has 2 aromatic rings. The quantitative estimate of drug-likeness (QED) is 0.277. The fraction of sp³-hybridized carbons (Fsp3) is 0.435. The summed E-state index contributed by atoms with van der Waals surface area (Å²) in [5, 5.41) is 1.02. The minimum absolute atomic E-state index is 0.215. The average Bonchev–Trinajstić information content (AvgIpc) is 2.73. The van der Waals surface area contributed by atoms with Crippen LogP contribution in [0.2, 0.25) is 0 Å². The van der Waals surface area contributed by atoms with E-state index in [4.69, 9.17) is 14.2 Å². The summed E-state index contributed by atoms with van der Waals surface area (Å²) in [5.74, 6) is 0.656. The second-order valence-electron chi connectivity index (χ2n) is 8.00. The average molecular weight is 412 g/mol. The number of aromatic nitrogens is 1. The van der Waals surface area contributed by atoms with Gasteiger partial charge in [0.05, 0.1) is 5.52 Å². The van der Waals surface area contributed by atoms with E-state index in [1.165, 1.54) is 0 Å². The molecule has 1 aromatic heterocycles. The number of hydrogen-bond donors (Lipinski definition) is 0. The first-order valence-electron chi connectivity index (χ1n) is 10.1. The fourth-order valence-corrected chi connectivity index (χ4v) is 3.62. The van der Waals surface area contributed by atoms with E-state index in [-0.39, 0.29) is 12.7 Å². The van der Waals surface area contributed by atoms with Gasteiger partial charge in [0.2, 0.25) is 19.1 Å². The van der Waals surface area contributed by atoms with E-state index >= 15 is 0 Å². The molecule has 0 spiro atoms. The lowest BCUT2D eigenvalue weighted by Crippen LogP contribution is -2.32. The predicted octanol–water partition coefficient (Wildman–Crippen LogP) is 4.41. The molecule has 0 radical (unpaired) electrons. The molecule has 0 N–H and O–H groups in total. The van der Waals surface area contributed by atoms with Gasteiger partial charge in [0.1, 0.15) is 5.60 Å². The first-order valence-corrected chi connectivity index (χ1v) is 10.1. The van der Waals surface area contributed by atoms with Crippen LogP contribution < -0.4 is 4.74 Å². The Kier molecular flexibility index (Phi) is 6.92.